The molecule has 5 rings (SSSR count). The van der Waals surface area contributed by atoms with Crippen molar-refractivity contribution in [3.8, 4) is 5.69 Å². The van der Waals surface area contributed by atoms with Crippen LogP contribution in [0.1, 0.15) is 42.6 Å². The molecule has 1 aliphatic rings. The molecule has 8 heteroatoms. The van der Waals surface area contributed by atoms with Gasteiger partial charge >= 0.3 is 11.7 Å². The van der Waals surface area contributed by atoms with E-state index < -0.39 is 6.04 Å². The monoisotopic (exact) mass is 525 g/mol. The van der Waals surface area contributed by atoms with E-state index in [1.165, 1.54) is 4.68 Å². The highest BCUT2D eigenvalue weighted by molar-refractivity contribution is 5.77. The molecular formula is C31H35N5O3. The fourth-order valence-electron chi connectivity index (χ4n) is 5.32. The van der Waals surface area contributed by atoms with Crippen molar-refractivity contribution in [2.75, 3.05) is 37.7 Å². The van der Waals surface area contributed by atoms with Crippen LogP contribution in [0.3, 0.4) is 0 Å². The molecule has 2 heterocycles. The Morgan fingerprint density at radius 1 is 0.923 bits per heavy atom. The molecule has 3 aromatic carbocycles. The summed E-state index contributed by atoms with van der Waals surface area (Å²) in [5.74, 6) is -0.204. The number of anilines is 1. The van der Waals surface area contributed by atoms with Crippen molar-refractivity contribution in [2.45, 2.75) is 32.9 Å². The first-order valence-electron chi connectivity index (χ1n) is 13.5. The Morgan fingerprint density at radius 2 is 1.56 bits per heavy atom. The van der Waals surface area contributed by atoms with Crippen LogP contribution in [0.15, 0.2) is 90.0 Å². The quantitative estimate of drug-likeness (QED) is 0.318. The highest BCUT2D eigenvalue weighted by Crippen LogP contribution is 2.27. The van der Waals surface area contributed by atoms with Crippen LogP contribution in [-0.4, -0.2) is 58.0 Å². The summed E-state index contributed by atoms with van der Waals surface area (Å²) < 4.78 is 8.55. The van der Waals surface area contributed by atoms with Gasteiger partial charge < -0.3 is 9.64 Å². The van der Waals surface area contributed by atoms with Gasteiger partial charge in [0.05, 0.1) is 18.3 Å². The minimum absolute atomic E-state index is 0.162. The molecule has 1 fully saturated rings. The molecule has 1 saturated heterocycles. The van der Waals surface area contributed by atoms with E-state index in [9.17, 15) is 9.59 Å². The first kappa shape index (κ1) is 26.4. The number of nitrogens with zero attached hydrogens (tertiary/aromatic N) is 5. The lowest BCUT2D eigenvalue weighted by Crippen LogP contribution is -2.49. The average Bonchev–Trinajstić information content (AvgIpc) is 3.35. The minimum Gasteiger partial charge on any atom is -0.465 e. The van der Waals surface area contributed by atoms with Crippen LogP contribution in [0.4, 0.5) is 5.69 Å². The molecule has 0 radical (unpaired) electrons. The van der Waals surface area contributed by atoms with Gasteiger partial charge in [0, 0.05) is 31.9 Å². The van der Waals surface area contributed by atoms with Crippen LogP contribution in [-0.2, 0) is 9.53 Å². The second kappa shape index (κ2) is 11.7. The number of carbonyl (C=O) groups is 1. The fraction of sp³-hybridized carbons (Fsp3) is 0.323. The maximum atomic E-state index is 13.3. The minimum atomic E-state index is -0.404. The molecule has 1 aliphatic heterocycles. The molecule has 202 valence electrons. The Kier molecular flexibility index (Phi) is 7.93. The Morgan fingerprint density at radius 3 is 2.18 bits per heavy atom. The van der Waals surface area contributed by atoms with Crippen LogP contribution >= 0.6 is 0 Å². The first-order chi connectivity index (χ1) is 19.0. The van der Waals surface area contributed by atoms with Crippen LogP contribution in [0.2, 0.25) is 0 Å². The average molecular weight is 526 g/mol. The zero-order chi connectivity index (χ0) is 27.4. The lowest BCUT2D eigenvalue weighted by atomic mass is 10.0. The van der Waals surface area contributed by atoms with E-state index in [4.69, 9.17) is 4.74 Å². The molecule has 0 amide bonds. The van der Waals surface area contributed by atoms with Gasteiger partial charge in [-0.15, -0.1) is 0 Å². The van der Waals surface area contributed by atoms with Crippen molar-refractivity contribution < 1.29 is 9.53 Å². The van der Waals surface area contributed by atoms with Crippen molar-refractivity contribution in [3.05, 3.63) is 112 Å². The Bertz CT molecular complexity index is 1460. The van der Waals surface area contributed by atoms with Crippen LogP contribution < -0.4 is 10.6 Å². The SMILES string of the molecule is CCOC(=O)C(c1ccccc1)N1CCN(c2ccc(-n3cnn([C@H](C)c4ccccc4)c3=O)c(C)c2)CC1. The predicted octanol–water partition coefficient (Wildman–Crippen LogP) is 4.38. The summed E-state index contributed by atoms with van der Waals surface area (Å²) in [6.07, 6.45) is 1.60. The highest BCUT2D eigenvalue weighted by Gasteiger charge is 2.31. The van der Waals surface area contributed by atoms with Crippen LogP contribution in [0, 0.1) is 6.92 Å². The third-order valence-electron chi connectivity index (χ3n) is 7.45. The van der Waals surface area contributed by atoms with Crippen molar-refractivity contribution >= 4 is 11.7 Å². The molecule has 2 atom stereocenters. The Balaban J connectivity index is 1.30. The zero-order valence-corrected chi connectivity index (χ0v) is 22.7. The predicted molar refractivity (Wildman–Crippen MR) is 152 cm³/mol. The van der Waals surface area contributed by atoms with E-state index in [-0.39, 0.29) is 17.7 Å². The summed E-state index contributed by atoms with van der Waals surface area (Å²) in [6.45, 7) is 9.25. The standard InChI is InChI=1S/C31H35N5O3/c1-4-39-30(37)29(26-13-9-6-10-14-26)34-19-17-33(18-20-34)27-15-16-28(23(2)21-27)35-22-32-36(31(35)38)24(3)25-11-7-5-8-12-25/h5-16,21-22,24,29H,4,17-20H2,1-3H3/t24-,29?/m1/s1. The van der Waals surface area contributed by atoms with Gasteiger partial charge in [0.1, 0.15) is 12.4 Å². The molecular weight excluding hydrogens is 490 g/mol. The number of piperazine rings is 1. The largest absolute Gasteiger partial charge is 0.465 e. The molecule has 39 heavy (non-hydrogen) atoms. The molecule has 1 unspecified atom stereocenters. The van der Waals surface area contributed by atoms with E-state index in [2.05, 4.69) is 27.0 Å². The summed E-state index contributed by atoms with van der Waals surface area (Å²) in [7, 11) is 0. The number of hydrogen-bond acceptors (Lipinski definition) is 6. The van der Waals surface area contributed by atoms with Crippen molar-refractivity contribution in [2.24, 2.45) is 0 Å². The zero-order valence-electron chi connectivity index (χ0n) is 22.7. The van der Waals surface area contributed by atoms with E-state index in [0.29, 0.717) is 6.61 Å². The molecule has 4 aromatic rings. The van der Waals surface area contributed by atoms with Crippen LogP contribution in [0.25, 0.3) is 5.69 Å². The van der Waals surface area contributed by atoms with E-state index in [0.717, 1.165) is 54.2 Å². The number of carbonyl (C=O) groups excluding carboxylic acids is 1. The van der Waals surface area contributed by atoms with Gasteiger partial charge in [0.25, 0.3) is 0 Å². The topological polar surface area (TPSA) is 72.6 Å². The van der Waals surface area contributed by atoms with E-state index in [1.54, 1.807) is 10.9 Å². The van der Waals surface area contributed by atoms with E-state index in [1.807, 2.05) is 87.5 Å². The number of aryl methyl sites for hydroxylation is 1. The number of hydrogen-bond donors (Lipinski definition) is 0. The summed E-state index contributed by atoms with van der Waals surface area (Å²) in [5, 5.41) is 4.41. The van der Waals surface area contributed by atoms with Crippen molar-refractivity contribution in [3.63, 3.8) is 0 Å². The van der Waals surface area contributed by atoms with E-state index >= 15 is 0 Å². The van der Waals surface area contributed by atoms with Crippen LogP contribution in [0.5, 0.6) is 0 Å². The normalized spacial score (nSPS) is 15.6. The van der Waals surface area contributed by atoms with Gasteiger partial charge in [-0.2, -0.15) is 5.10 Å². The maximum Gasteiger partial charge on any atom is 0.350 e. The second-order valence-electron chi connectivity index (χ2n) is 9.87. The summed E-state index contributed by atoms with van der Waals surface area (Å²) in [5.41, 5.74) is 4.74. The smallest absolute Gasteiger partial charge is 0.350 e. The molecule has 0 aliphatic carbocycles. The van der Waals surface area contributed by atoms with Gasteiger partial charge in [-0.05, 0) is 55.7 Å². The lowest BCUT2D eigenvalue weighted by Gasteiger charge is -2.39. The van der Waals surface area contributed by atoms with Crippen molar-refractivity contribution in [1.29, 1.82) is 0 Å². The third kappa shape index (κ3) is 5.52. The lowest BCUT2D eigenvalue weighted by molar-refractivity contribution is -0.150. The number of benzene rings is 3. The maximum absolute atomic E-state index is 13.3. The molecule has 0 spiro atoms. The summed E-state index contributed by atoms with van der Waals surface area (Å²) in [6, 6.07) is 25.4. The van der Waals surface area contributed by atoms with Gasteiger partial charge in [-0.25, -0.2) is 18.8 Å². The molecule has 0 saturated carbocycles. The number of aromatic nitrogens is 3. The van der Waals surface area contributed by atoms with Gasteiger partial charge in [-0.1, -0.05) is 60.7 Å². The molecule has 0 bridgehead atoms. The first-order valence-corrected chi connectivity index (χ1v) is 13.5. The Hall–Kier alpha value is -4.17. The van der Waals surface area contributed by atoms with Crippen molar-refractivity contribution in [1.82, 2.24) is 19.2 Å². The highest BCUT2D eigenvalue weighted by atomic mass is 16.5. The Labute approximate surface area is 229 Å². The number of ether oxygens (including phenoxy) is 1. The number of rotatable bonds is 8. The molecule has 0 N–H and O–H groups in total. The summed E-state index contributed by atoms with van der Waals surface area (Å²) >= 11 is 0. The second-order valence-corrected chi connectivity index (χ2v) is 9.87. The summed E-state index contributed by atoms with van der Waals surface area (Å²) in [4.78, 5) is 30.6. The third-order valence-corrected chi connectivity index (χ3v) is 7.45. The van der Waals surface area contributed by atoms with Gasteiger partial charge in [0.2, 0.25) is 0 Å². The van der Waals surface area contributed by atoms with Gasteiger partial charge in [-0.3, -0.25) is 4.90 Å². The molecule has 8 nitrogen and oxygen atoms in total. The number of esters is 1. The fourth-order valence-corrected chi connectivity index (χ4v) is 5.32. The van der Waals surface area contributed by atoms with Gasteiger partial charge in [0.15, 0.2) is 0 Å². The molecule has 1 aromatic heterocycles.